The van der Waals surface area contributed by atoms with Gasteiger partial charge in [0.15, 0.2) is 5.96 Å². The zero-order chi connectivity index (χ0) is 12.6. The number of nitrogens with two attached hydrogens (primary N) is 1. The molecule has 2 fully saturated rings. The number of guanidine groups is 1. The molecule has 0 aromatic heterocycles. The highest BCUT2D eigenvalue weighted by Gasteiger charge is 2.14. The van der Waals surface area contributed by atoms with Gasteiger partial charge in [-0.1, -0.05) is 25.7 Å². The lowest BCUT2D eigenvalue weighted by molar-refractivity contribution is 0.496. The van der Waals surface area contributed by atoms with Gasteiger partial charge < -0.3 is 11.1 Å². The highest BCUT2D eigenvalue weighted by Crippen LogP contribution is 2.22. The van der Waals surface area contributed by atoms with Gasteiger partial charge >= 0.3 is 0 Å². The topological polar surface area (TPSA) is 50.4 Å². The third-order valence-corrected chi connectivity index (χ3v) is 5.12. The fourth-order valence-electron chi connectivity index (χ4n) is 2.83. The van der Waals surface area contributed by atoms with Crippen LogP contribution in [-0.4, -0.2) is 30.1 Å². The summed E-state index contributed by atoms with van der Waals surface area (Å²) < 4.78 is 0. The summed E-state index contributed by atoms with van der Waals surface area (Å²) in [5, 5.41) is 3.42. The molecule has 0 amide bonds. The summed E-state index contributed by atoms with van der Waals surface area (Å²) in [7, 11) is 0. The normalized spacial score (nSPS) is 24.8. The van der Waals surface area contributed by atoms with E-state index < -0.39 is 0 Å². The van der Waals surface area contributed by atoms with Crippen molar-refractivity contribution in [2.45, 2.75) is 57.4 Å². The second-order valence-corrected chi connectivity index (χ2v) is 6.84. The number of hydrogen-bond donors (Lipinski definition) is 2. The summed E-state index contributed by atoms with van der Waals surface area (Å²) in [4.78, 5) is 4.55. The predicted octanol–water partition coefficient (Wildman–Crippen LogP) is 2.76. The highest BCUT2D eigenvalue weighted by atomic mass is 32.2. The van der Waals surface area contributed by atoms with Crippen molar-refractivity contribution < 1.29 is 0 Å². The molecule has 1 aliphatic heterocycles. The fraction of sp³-hybridized carbons (Fsp3) is 0.929. The molecular formula is C14H27N3S. The average molecular weight is 269 g/mol. The van der Waals surface area contributed by atoms with Crippen molar-refractivity contribution in [3.05, 3.63) is 0 Å². The summed E-state index contributed by atoms with van der Waals surface area (Å²) in [5.41, 5.74) is 6.01. The second-order valence-electron chi connectivity index (χ2n) is 5.61. The quantitative estimate of drug-likeness (QED) is 0.470. The zero-order valence-corrected chi connectivity index (χ0v) is 12.2. The standard InChI is InChI=1S/C14H27N3S/c15-14(16-11-12-7-9-18-10-8-12)17-13-5-3-1-2-4-6-13/h12-13H,1-11H2,(H3,15,16,17). The van der Waals surface area contributed by atoms with Gasteiger partial charge in [-0.05, 0) is 43.1 Å². The Labute approximate surface area is 115 Å². The summed E-state index contributed by atoms with van der Waals surface area (Å²) in [6, 6.07) is 0.568. The lowest BCUT2D eigenvalue weighted by Crippen LogP contribution is -2.40. The zero-order valence-electron chi connectivity index (χ0n) is 11.4. The first-order valence-corrected chi connectivity index (χ1v) is 8.64. The van der Waals surface area contributed by atoms with Crippen LogP contribution in [-0.2, 0) is 0 Å². The van der Waals surface area contributed by atoms with E-state index in [-0.39, 0.29) is 0 Å². The summed E-state index contributed by atoms with van der Waals surface area (Å²) in [6.07, 6.45) is 10.6. The van der Waals surface area contributed by atoms with E-state index in [1.807, 2.05) is 0 Å². The van der Waals surface area contributed by atoms with Gasteiger partial charge in [0.25, 0.3) is 0 Å². The molecule has 104 valence electrons. The predicted molar refractivity (Wildman–Crippen MR) is 81.2 cm³/mol. The molecule has 2 aliphatic rings. The SMILES string of the molecule is NC(=NCC1CCSCC1)NC1CCCCCC1. The maximum Gasteiger partial charge on any atom is 0.188 e. The van der Waals surface area contributed by atoms with E-state index in [2.05, 4.69) is 22.1 Å². The van der Waals surface area contributed by atoms with Crippen molar-refractivity contribution in [3.63, 3.8) is 0 Å². The molecule has 0 bridgehead atoms. The molecule has 0 unspecified atom stereocenters. The van der Waals surface area contributed by atoms with Crippen molar-refractivity contribution in [2.75, 3.05) is 18.1 Å². The second kappa shape index (κ2) is 7.93. The Balaban J connectivity index is 1.70. The Hall–Kier alpha value is -0.380. The van der Waals surface area contributed by atoms with Gasteiger partial charge in [0.1, 0.15) is 0 Å². The molecule has 3 N–H and O–H groups in total. The molecule has 1 aliphatic carbocycles. The number of hydrogen-bond acceptors (Lipinski definition) is 2. The molecular weight excluding hydrogens is 242 g/mol. The van der Waals surface area contributed by atoms with Crippen LogP contribution in [0.25, 0.3) is 0 Å². The first-order chi connectivity index (χ1) is 8.84. The van der Waals surface area contributed by atoms with Gasteiger partial charge in [-0.3, -0.25) is 4.99 Å². The Morgan fingerprint density at radius 2 is 1.72 bits per heavy atom. The first-order valence-electron chi connectivity index (χ1n) is 7.49. The molecule has 0 aromatic carbocycles. The number of nitrogens with one attached hydrogen (secondary N) is 1. The lowest BCUT2D eigenvalue weighted by Gasteiger charge is -2.20. The van der Waals surface area contributed by atoms with Crippen LogP contribution in [0.3, 0.4) is 0 Å². The third kappa shape index (κ3) is 5.09. The summed E-state index contributed by atoms with van der Waals surface area (Å²) in [5.74, 6) is 4.05. The maximum atomic E-state index is 6.01. The van der Waals surface area contributed by atoms with Crippen molar-refractivity contribution in [2.24, 2.45) is 16.6 Å². The van der Waals surface area contributed by atoms with Gasteiger partial charge in [0.05, 0.1) is 0 Å². The van der Waals surface area contributed by atoms with Gasteiger partial charge in [0, 0.05) is 12.6 Å². The molecule has 0 aromatic rings. The average Bonchev–Trinajstić information content (AvgIpc) is 2.66. The van der Waals surface area contributed by atoms with Crippen molar-refractivity contribution >= 4 is 17.7 Å². The molecule has 0 atom stereocenters. The molecule has 18 heavy (non-hydrogen) atoms. The monoisotopic (exact) mass is 269 g/mol. The van der Waals surface area contributed by atoms with Crippen LogP contribution >= 0.6 is 11.8 Å². The van der Waals surface area contributed by atoms with Gasteiger partial charge in [-0.25, -0.2) is 0 Å². The van der Waals surface area contributed by atoms with E-state index in [1.165, 1.54) is 62.9 Å². The molecule has 2 rings (SSSR count). The number of nitrogens with zero attached hydrogens (tertiary/aromatic N) is 1. The van der Waals surface area contributed by atoms with Crippen LogP contribution in [0.15, 0.2) is 4.99 Å². The minimum absolute atomic E-state index is 0.568. The van der Waals surface area contributed by atoms with Gasteiger partial charge in [0.2, 0.25) is 0 Å². The van der Waals surface area contributed by atoms with Crippen LogP contribution in [0.4, 0.5) is 0 Å². The highest BCUT2D eigenvalue weighted by molar-refractivity contribution is 7.99. The van der Waals surface area contributed by atoms with Crippen LogP contribution in [0.5, 0.6) is 0 Å². The van der Waals surface area contributed by atoms with E-state index in [0.717, 1.165) is 12.5 Å². The number of thioether (sulfide) groups is 1. The van der Waals surface area contributed by atoms with E-state index in [1.54, 1.807) is 0 Å². The minimum atomic E-state index is 0.568. The molecule has 1 saturated heterocycles. The molecule has 1 saturated carbocycles. The Kier molecular flexibility index (Phi) is 6.18. The molecule has 4 heteroatoms. The fourth-order valence-corrected chi connectivity index (χ4v) is 4.04. The Morgan fingerprint density at radius 3 is 2.39 bits per heavy atom. The van der Waals surface area contributed by atoms with Crippen molar-refractivity contribution in [3.8, 4) is 0 Å². The third-order valence-electron chi connectivity index (χ3n) is 4.07. The van der Waals surface area contributed by atoms with E-state index >= 15 is 0 Å². The van der Waals surface area contributed by atoms with E-state index in [4.69, 9.17) is 5.73 Å². The minimum Gasteiger partial charge on any atom is -0.370 e. The van der Waals surface area contributed by atoms with E-state index in [9.17, 15) is 0 Å². The number of rotatable bonds is 3. The first kappa shape index (κ1) is 14.0. The van der Waals surface area contributed by atoms with Crippen molar-refractivity contribution in [1.82, 2.24) is 5.32 Å². The van der Waals surface area contributed by atoms with Crippen molar-refractivity contribution in [1.29, 1.82) is 0 Å². The number of aliphatic imine (C=N–C) groups is 1. The molecule has 3 nitrogen and oxygen atoms in total. The van der Waals surface area contributed by atoms with Gasteiger partial charge in [-0.15, -0.1) is 0 Å². The molecule has 1 heterocycles. The van der Waals surface area contributed by atoms with Gasteiger partial charge in [-0.2, -0.15) is 11.8 Å². The maximum absolute atomic E-state index is 6.01. The molecule has 0 spiro atoms. The van der Waals surface area contributed by atoms with Crippen LogP contribution < -0.4 is 11.1 Å². The Morgan fingerprint density at radius 1 is 1.06 bits per heavy atom. The molecule has 0 radical (unpaired) electrons. The largest absolute Gasteiger partial charge is 0.370 e. The van der Waals surface area contributed by atoms with E-state index in [0.29, 0.717) is 12.0 Å². The summed E-state index contributed by atoms with van der Waals surface area (Å²) >= 11 is 2.07. The van der Waals surface area contributed by atoms with Crippen LogP contribution in [0.1, 0.15) is 51.4 Å². The Bertz CT molecular complexity index is 254. The van der Waals surface area contributed by atoms with Crippen LogP contribution in [0, 0.1) is 5.92 Å². The lowest BCUT2D eigenvalue weighted by atomic mass is 10.0. The smallest absolute Gasteiger partial charge is 0.188 e. The summed E-state index contributed by atoms with van der Waals surface area (Å²) in [6.45, 7) is 0.923. The van der Waals surface area contributed by atoms with Crippen LogP contribution in [0.2, 0.25) is 0 Å².